The second-order valence-corrected chi connectivity index (χ2v) is 5.12. The van der Waals surface area contributed by atoms with Gasteiger partial charge >= 0.3 is 0 Å². The average molecular weight is 257 g/mol. The number of rotatable bonds is 4. The van der Waals surface area contributed by atoms with Gasteiger partial charge in [0.1, 0.15) is 10.9 Å². The monoisotopic (exact) mass is 256 g/mol. The second kappa shape index (κ2) is 5.48. The molecule has 1 aromatic rings. The highest BCUT2D eigenvalue weighted by Gasteiger charge is 2.13. The minimum absolute atomic E-state index is 0.300. The molecule has 1 fully saturated rings. The number of nitrogens with zero attached hydrogens (tertiary/aromatic N) is 2. The fourth-order valence-corrected chi connectivity index (χ4v) is 2.78. The molecule has 0 aromatic carbocycles. The lowest BCUT2D eigenvalue weighted by Crippen LogP contribution is -2.23. The summed E-state index contributed by atoms with van der Waals surface area (Å²) >= 11 is 7.08. The summed E-state index contributed by atoms with van der Waals surface area (Å²) in [5.41, 5.74) is 0. The van der Waals surface area contributed by atoms with Gasteiger partial charge in [0, 0.05) is 12.6 Å². The van der Waals surface area contributed by atoms with Crippen LogP contribution in [0.2, 0.25) is 5.15 Å². The Balaban J connectivity index is 1.78. The molecule has 1 aliphatic rings. The summed E-state index contributed by atoms with van der Waals surface area (Å²) in [5.74, 6) is 0. The second-order valence-electron chi connectivity index (χ2n) is 3.76. The molecule has 1 saturated heterocycles. The van der Waals surface area contributed by atoms with Gasteiger partial charge in [-0.25, -0.2) is 4.98 Å². The third-order valence-corrected chi connectivity index (χ3v) is 3.92. The Morgan fingerprint density at radius 1 is 1.69 bits per heavy atom. The van der Waals surface area contributed by atoms with Crippen LogP contribution >= 0.6 is 22.9 Å². The number of halogens is 1. The van der Waals surface area contributed by atoms with Crippen molar-refractivity contribution in [2.24, 2.45) is 0 Å². The lowest BCUT2D eigenvalue weighted by Gasteiger charge is -2.09. The zero-order valence-corrected chi connectivity index (χ0v) is 10.4. The summed E-state index contributed by atoms with van der Waals surface area (Å²) in [7, 11) is 0. The lowest BCUT2D eigenvalue weighted by atomic mass is 10.2. The van der Waals surface area contributed by atoms with Gasteiger partial charge in [0.15, 0.2) is 10.3 Å². The van der Waals surface area contributed by atoms with E-state index in [4.69, 9.17) is 16.9 Å². The average Bonchev–Trinajstić information content (AvgIpc) is 2.88. The molecule has 0 spiro atoms. The number of nitriles is 1. The van der Waals surface area contributed by atoms with E-state index in [1.807, 2.05) is 6.07 Å². The van der Waals surface area contributed by atoms with Gasteiger partial charge in [-0.1, -0.05) is 22.9 Å². The van der Waals surface area contributed by atoms with E-state index in [1.165, 1.54) is 24.2 Å². The molecule has 2 N–H and O–H groups in total. The quantitative estimate of drug-likeness (QED) is 0.867. The SMILES string of the molecule is N#Cc1sc(NCCC2CCCN2)nc1Cl. The molecule has 0 radical (unpaired) electrons. The van der Waals surface area contributed by atoms with Crippen molar-refractivity contribution in [3.8, 4) is 6.07 Å². The summed E-state index contributed by atoms with van der Waals surface area (Å²) in [4.78, 5) is 4.55. The van der Waals surface area contributed by atoms with E-state index in [9.17, 15) is 0 Å². The molecule has 1 unspecified atom stereocenters. The van der Waals surface area contributed by atoms with Crippen molar-refractivity contribution < 1.29 is 0 Å². The van der Waals surface area contributed by atoms with E-state index in [0.717, 1.165) is 24.6 Å². The molecule has 2 rings (SSSR count). The Hall–Kier alpha value is -0.830. The van der Waals surface area contributed by atoms with Crippen molar-refractivity contribution in [2.75, 3.05) is 18.4 Å². The fourth-order valence-electron chi connectivity index (χ4n) is 1.80. The van der Waals surface area contributed by atoms with Crippen LogP contribution in [0.15, 0.2) is 0 Å². The van der Waals surface area contributed by atoms with E-state index < -0.39 is 0 Å². The van der Waals surface area contributed by atoms with Crippen LogP contribution in [0.5, 0.6) is 0 Å². The minimum atomic E-state index is 0.300. The predicted molar refractivity (Wildman–Crippen MR) is 66.0 cm³/mol. The van der Waals surface area contributed by atoms with Crippen LogP contribution in [-0.4, -0.2) is 24.1 Å². The standard InChI is InChI=1S/C10H13ClN4S/c11-9-8(6-12)16-10(15-9)14-5-3-7-2-1-4-13-7/h7,13H,1-5H2,(H,14,15). The van der Waals surface area contributed by atoms with Crippen LogP contribution in [0.4, 0.5) is 5.13 Å². The van der Waals surface area contributed by atoms with Crippen molar-refractivity contribution in [3.63, 3.8) is 0 Å². The highest BCUT2D eigenvalue weighted by atomic mass is 35.5. The van der Waals surface area contributed by atoms with Crippen molar-refractivity contribution in [1.82, 2.24) is 10.3 Å². The molecular formula is C10H13ClN4S. The minimum Gasteiger partial charge on any atom is -0.361 e. The molecule has 6 heteroatoms. The summed E-state index contributed by atoms with van der Waals surface area (Å²) in [6.45, 7) is 2.00. The van der Waals surface area contributed by atoms with Gasteiger partial charge in [-0.05, 0) is 25.8 Å². The smallest absolute Gasteiger partial charge is 0.185 e. The molecule has 0 saturated carbocycles. The van der Waals surface area contributed by atoms with E-state index in [2.05, 4.69) is 15.6 Å². The normalized spacial score (nSPS) is 19.6. The van der Waals surface area contributed by atoms with Crippen LogP contribution < -0.4 is 10.6 Å². The van der Waals surface area contributed by atoms with E-state index in [-0.39, 0.29) is 0 Å². The van der Waals surface area contributed by atoms with Crippen LogP contribution in [0, 0.1) is 11.3 Å². The molecule has 0 amide bonds. The van der Waals surface area contributed by atoms with E-state index in [1.54, 1.807) is 0 Å². The fraction of sp³-hybridized carbons (Fsp3) is 0.600. The highest BCUT2D eigenvalue weighted by Crippen LogP contribution is 2.25. The van der Waals surface area contributed by atoms with Crippen LogP contribution in [0.3, 0.4) is 0 Å². The predicted octanol–water partition coefficient (Wildman–Crippen LogP) is 2.22. The number of aromatic nitrogens is 1. The Labute approximate surface area is 104 Å². The molecule has 4 nitrogen and oxygen atoms in total. The molecule has 0 bridgehead atoms. The van der Waals surface area contributed by atoms with Crippen LogP contribution in [0.25, 0.3) is 0 Å². The third-order valence-electron chi connectivity index (χ3n) is 2.62. The Morgan fingerprint density at radius 3 is 3.19 bits per heavy atom. The summed E-state index contributed by atoms with van der Waals surface area (Å²) < 4.78 is 0. The third kappa shape index (κ3) is 2.85. The van der Waals surface area contributed by atoms with Gasteiger partial charge in [-0.15, -0.1) is 0 Å². The zero-order valence-electron chi connectivity index (χ0n) is 8.79. The Bertz CT molecular complexity index is 392. The van der Waals surface area contributed by atoms with Crippen molar-refractivity contribution in [1.29, 1.82) is 5.26 Å². The topological polar surface area (TPSA) is 60.7 Å². The van der Waals surface area contributed by atoms with E-state index in [0.29, 0.717) is 16.1 Å². The van der Waals surface area contributed by atoms with Gasteiger partial charge in [0.25, 0.3) is 0 Å². The van der Waals surface area contributed by atoms with Crippen molar-refractivity contribution in [3.05, 3.63) is 10.0 Å². The Morgan fingerprint density at radius 2 is 2.56 bits per heavy atom. The maximum Gasteiger partial charge on any atom is 0.185 e. The lowest BCUT2D eigenvalue weighted by molar-refractivity contribution is 0.574. The molecule has 1 aliphatic heterocycles. The van der Waals surface area contributed by atoms with Gasteiger partial charge in [0.05, 0.1) is 0 Å². The van der Waals surface area contributed by atoms with Crippen molar-refractivity contribution >= 4 is 28.1 Å². The molecule has 2 heterocycles. The van der Waals surface area contributed by atoms with Crippen molar-refractivity contribution in [2.45, 2.75) is 25.3 Å². The maximum absolute atomic E-state index is 8.73. The maximum atomic E-state index is 8.73. The summed E-state index contributed by atoms with van der Waals surface area (Å²) in [5, 5.41) is 16.4. The first-order chi connectivity index (χ1) is 7.79. The first-order valence-electron chi connectivity index (χ1n) is 5.33. The number of hydrogen-bond acceptors (Lipinski definition) is 5. The number of nitrogens with one attached hydrogen (secondary N) is 2. The zero-order chi connectivity index (χ0) is 11.4. The molecule has 0 aliphatic carbocycles. The first-order valence-corrected chi connectivity index (χ1v) is 6.52. The summed E-state index contributed by atoms with van der Waals surface area (Å²) in [6, 6.07) is 2.64. The van der Waals surface area contributed by atoms with Gasteiger partial charge < -0.3 is 10.6 Å². The number of hydrogen-bond donors (Lipinski definition) is 2. The largest absolute Gasteiger partial charge is 0.361 e. The molecular weight excluding hydrogens is 244 g/mol. The molecule has 16 heavy (non-hydrogen) atoms. The van der Waals surface area contributed by atoms with E-state index >= 15 is 0 Å². The van der Waals surface area contributed by atoms with Gasteiger partial charge in [0.2, 0.25) is 0 Å². The number of thiazole rings is 1. The Kier molecular flexibility index (Phi) is 3.99. The van der Waals surface area contributed by atoms with Crippen LogP contribution in [0.1, 0.15) is 24.1 Å². The summed E-state index contributed by atoms with van der Waals surface area (Å²) in [6.07, 6.45) is 3.61. The molecule has 1 aromatic heterocycles. The molecule has 1 atom stereocenters. The highest BCUT2D eigenvalue weighted by molar-refractivity contribution is 7.16. The van der Waals surface area contributed by atoms with Gasteiger partial charge in [-0.3, -0.25) is 0 Å². The first kappa shape index (κ1) is 11.6. The van der Waals surface area contributed by atoms with Crippen LogP contribution in [-0.2, 0) is 0 Å². The number of anilines is 1. The molecule has 86 valence electrons. The van der Waals surface area contributed by atoms with Gasteiger partial charge in [-0.2, -0.15) is 5.26 Å².